The molecule has 214 valence electrons. The molecule has 0 unspecified atom stereocenters. The second kappa shape index (κ2) is 13.0. The van der Waals surface area contributed by atoms with Crippen molar-refractivity contribution in [2.45, 2.75) is 32.2 Å². The third kappa shape index (κ3) is 6.41. The fraction of sp³-hybridized carbons (Fsp3) is 0.212. The molecular formula is C33H34N6O3. The molecule has 0 atom stereocenters. The van der Waals surface area contributed by atoms with E-state index in [0.717, 1.165) is 47.4 Å². The fourth-order valence-corrected chi connectivity index (χ4v) is 4.98. The lowest BCUT2D eigenvalue weighted by Gasteiger charge is -2.14. The first-order chi connectivity index (χ1) is 20.4. The second-order valence-electron chi connectivity index (χ2n) is 10.1. The molecule has 9 heteroatoms. The summed E-state index contributed by atoms with van der Waals surface area (Å²) in [4.78, 5) is 39.2. The lowest BCUT2D eigenvalue weighted by molar-refractivity contribution is -0.116. The summed E-state index contributed by atoms with van der Waals surface area (Å²) in [6, 6.07) is 26.4. The number of pyridine rings is 1. The van der Waals surface area contributed by atoms with E-state index in [1.807, 2.05) is 78.3 Å². The van der Waals surface area contributed by atoms with Gasteiger partial charge in [0.1, 0.15) is 11.4 Å². The van der Waals surface area contributed by atoms with Crippen LogP contribution >= 0.6 is 0 Å². The van der Waals surface area contributed by atoms with Crippen molar-refractivity contribution in [3.05, 3.63) is 107 Å². The minimum Gasteiger partial charge on any atom is -0.386 e. The Morgan fingerprint density at radius 2 is 1.55 bits per heavy atom. The Morgan fingerprint density at radius 3 is 2.33 bits per heavy atom. The van der Waals surface area contributed by atoms with E-state index in [9.17, 15) is 14.4 Å². The summed E-state index contributed by atoms with van der Waals surface area (Å²) in [7, 11) is 3.57. The SMILES string of the molecule is CNc1ccccc1NC(=O)CCCCCn1cc(C(=O)Nc2cc(-c3ccccc3)nn2C)c(=O)c2ccccc21. The summed E-state index contributed by atoms with van der Waals surface area (Å²) >= 11 is 0. The summed E-state index contributed by atoms with van der Waals surface area (Å²) in [5, 5.41) is 13.9. The molecule has 42 heavy (non-hydrogen) atoms. The molecular weight excluding hydrogens is 528 g/mol. The average molecular weight is 563 g/mol. The number of carbonyl (C=O) groups is 2. The van der Waals surface area contributed by atoms with Crippen molar-refractivity contribution in [1.29, 1.82) is 0 Å². The molecule has 0 aliphatic rings. The normalized spacial score (nSPS) is 10.9. The minimum absolute atomic E-state index is 0.0314. The van der Waals surface area contributed by atoms with Crippen molar-refractivity contribution in [3.8, 4) is 11.3 Å². The lowest BCUT2D eigenvalue weighted by atomic mass is 10.1. The predicted molar refractivity (Wildman–Crippen MR) is 168 cm³/mol. The first-order valence-corrected chi connectivity index (χ1v) is 14.0. The molecule has 3 aromatic carbocycles. The molecule has 0 spiro atoms. The summed E-state index contributed by atoms with van der Waals surface area (Å²) in [5.74, 6) is -0.0229. The first kappa shape index (κ1) is 28.4. The standard InChI is InChI=1S/C33H34N6O3/c1-34-26-16-9-10-17-27(26)35-31(40)19-7-4-12-20-39-22-25(32(41)24-15-8-11-18-29(24)39)33(42)36-30-21-28(37-38(30)2)23-13-5-3-6-14-23/h3,5-6,8-11,13-18,21-22,34H,4,7,12,19-20H2,1-2H3,(H,35,40)(H,36,42). The number of amides is 2. The largest absolute Gasteiger partial charge is 0.386 e. The van der Waals surface area contributed by atoms with E-state index in [0.29, 0.717) is 24.2 Å². The van der Waals surface area contributed by atoms with Gasteiger partial charge >= 0.3 is 0 Å². The molecule has 5 aromatic rings. The van der Waals surface area contributed by atoms with Crippen molar-refractivity contribution < 1.29 is 9.59 Å². The van der Waals surface area contributed by atoms with Gasteiger partial charge < -0.3 is 20.5 Å². The molecule has 0 radical (unpaired) electrons. The van der Waals surface area contributed by atoms with Gasteiger partial charge in [0.2, 0.25) is 11.3 Å². The van der Waals surface area contributed by atoms with Gasteiger partial charge in [0, 0.05) is 50.3 Å². The van der Waals surface area contributed by atoms with Crippen molar-refractivity contribution in [3.63, 3.8) is 0 Å². The van der Waals surface area contributed by atoms with Crippen LogP contribution in [-0.2, 0) is 18.4 Å². The van der Waals surface area contributed by atoms with Gasteiger partial charge in [-0.25, -0.2) is 0 Å². The number of aromatic nitrogens is 3. The highest BCUT2D eigenvalue weighted by Crippen LogP contribution is 2.22. The van der Waals surface area contributed by atoms with E-state index in [-0.39, 0.29) is 16.9 Å². The molecule has 2 aromatic heterocycles. The van der Waals surface area contributed by atoms with Crippen molar-refractivity contribution in [2.24, 2.45) is 7.05 Å². The van der Waals surface area contributed by atoms with E-state index in [4.69, 9.17) is 0 Å². The lowest BCUT2D eigenvalue weighted by Crippen LogP contribution is -2.24. The highest BCUT2D eigenvalue weighted by Gasteiger charge is 2.18. The number of carbonyl (C=O) groups excluding carboxylic acids is 2. The molecule has 0 fully saturated rings. The zero-order valence-corrected chi connectivity index (χ0v) is 23.8. The Morgan fingerprint density at radius 1 is 0.833 bits per heavy atom. The Kier molecular flexibility index (Phi) is 8.77. The van der Waals surface area contributed by atoms with Crippen LogP contribution in [0.4, 0.5) is 17.2 Å². The van der Waals surface area contributed by atoms with Crippen LogP contribution in [0.5, 0.6) is 0 Å². The molecule has 9 nitrogen and oxygen atoms in total. The Labute approximate surface area is 244 Å². The monoisotopic (exact) mass is 562 g/mol. The van der Waals surface area contributed by atoms with Gasteiger partial charge in [0.15, 0.2) is 0 Å². The first-order valence-electron chi connectivity index (χ1n) is 14.0. The van der Waals surface area contributed by atoms with Crippen LogP contribution in [0, 0.1) is 0 Å². The van der Waals surface area contributed by atoms with E-state index >= 15 is 0 Å². The molecule has 2 heterocycles. The van der Waals surface area contributed by atoms with Gasteiger partial charge in [-0.05, 0) is 37.1 Å². The maximum atomic E-state index is 13.4. The highest BCUT2D eigenvalue weighted by molar-refractivity contribution is 6.05. The van der Waals surface area contributed by atoms with Crippen molar-refractivity contribution >= 4 is 39.9 Å². The van der Waals surface area contributed by atoms with Crippen LogP contribution in [-0.4, -0.2) is 33.2 Å². The number of aryl methyl sites for hydroxylation is 2. The summed E-state index contributed by atoms with van der Waals surface area (Å²) < 4.78 is 3.54. The van der Waals surface area contributed by atoms with Gasteiger partial charge in [0.25, 0.3) is 5.91 Å². The second-order valence-corrected chi connectivity index (χ2v) is 10.1. The number of anilines is 3. The number of rotatable bonds is 11. The predicted octanol–water partition coefficient (Wildman–Crippen LogP) is 5.90. The zero-order chi connectivity index (χ0) is 29.5. The number of nitrogens with zero attached hydrogens (tertiary/aromatic N) is 3. The number of para-hydroxylation sites is 3. The van der Waals surface area contributed by atoms with E-state index in [2.05, 4.69) is 21.0 Å². The molecule has 0 aliphatic carbocycles. The number of unbranched alkanes of at least 4 members (excludes halogenated alkanes) is 2. The Bertz CT molecular complexity index is 1770. The maximum Gasteiger partial charge on any atom is 0.262 e. The molecule has 2 amide bonds. The molecule has 0 bridgehead atoms. The minimum atomic E-state index is -0.486. The smallest absolute Gasteiger partial charge is 0.262 e. The molecule has 0 aliphatic heterocycles. The number of nitrogens with one attached hydrogen (secondary N) is 3. The fourth-order valence-electron chi connectivity index (χ4n) is 4.98. The molecule has 0 saturated heterocycles. The third-order valence-electron chi connectivity index (χ3n) is 7.20. The number of fused-ring (bicyclic) bond motifs is 1. The van der Waals surface area contributed by atoms with Crippen LogP contribution < -0.4 is 21.4 Å². The van der Waals surface area contributed by atoms with Crippen LogP contribution in [0.25, 0.3) is 22.2 Å². The van der Waals surface area contributed by atoms with Gasteiger partial charge in [0.05, 0.1) is 22.6 Å². The average Bonchev–Trinajstić information content (AvgIpc) is 3.38. The van der Waals surface area contributed by atoms with Gasteiger partial charge in [-0.2, -0.15) is 5.10 Å². The van der Waals surface area contributed by atoms with E-state index in [1.54, 1.807) is 36.1 Å². The molecule has 5 rings (SSSR count). The quantitative estimate of drug-likeness (QED) is 0.174. The molecule has 0 saturated carbocycles. The van der Waals surface area contributed by atoms with Gasteiger partial charge in [-0.1, -0.05) is 61.0 Å². The number of benzene rings is 3. The molecule has 3 N–H and O–H groups in total. The van der Waals surface area contributed by atoms with Gasteiger partial charge in [-0.3, -0.25) is 19.1 Å². The number of hydrogen-bond acceptors (Lipinski definition) is 5. The Hall–Kier alpha value is -5.18. The van der Waals surface area contributed by atoms with Crippen LogP contribution in [0.2, 0.25) is 0 Å². The Balaban J connectivity index is 1.25. The van der Waals surface area contributed by atoms with Crippen molar-refractivity contribution in [2.75, 3.05) is 23.0 Å². The van der Waals surface area contributed by atoms with Crippen LogP contribution in [0.1, 0.15) is 36.0 Å². The zero-order valence-electron chi connectivity index (χ0n) is 23.8. The summed E-state index contributed by atoms with van der Waals surface area (Å²) in [6.07, 6.45) is 4.38. The third-order valence-corrected chi connectivity index (χ3v) is 7.20. The van der Waals surface area contributed by atoms with Crippen LogP contribution in [0.15, 0.2) is 95.9 Å². The maximum absolute atomic E-state index is 13.4. The topological polar surface area (TPSA) is 110 Å². The highest BCUT2D eigenvalue weighted by atomic mass is 16.2. The van der Waals surface area contributed by atoms with Gasteiger partial charge in [-0.15, -0.1) is 0 Å². The van der Waals surface area contributed by atoms with Crippen LogP contribution in [0.3, 0.4) is 0 Å². The number of hydrogen-bond donors (Lipinski definition) is 3. The summed E-state index contributed by atoms with van der Waals surface area (Å²) in [6.45, 7) is 0.606. The summed E-state index contributed by atoms with van der Waals surface area (Å²) in [5.41, 5.74) is 3.81. The van der Waals surface area contributed by atoms with E-state index < -0.39 is 5.91 Å². The van der Waals surface area contributed by atoms with E-state index in [1.165, 1.54) is 0 Å². The van der Waals surface area contributed by atoms with Crippen molar-refractivity contribution in [1.82, 2.24) is 14.3 Å².